The lowest BCUT2D eigenvalue weighted by Gasteiger charge is -2.17. The van der Waals surface area contributed by atoms with E-state index >= 15 is 0 Å². The molecular weight excluding hydrogens is 310 g/mol. The molecule has 1 N–H and O–H groups in total. The smallest absolute Gasteiger partial charge is 0.261 e. The minimum atomic E-state index is -3.84. The lowest BCUT2D eigenvalue weighted by atomic mass is 10.0. The predicted molar refractivity (Wildman–Crippen MR) is 85.3 cm³/mol. The Kier molecular flexibility index (Phi) is 6.68. The molecule has 1 amide bonds. The lowest BCUT2D eigenvalue weighted by Crippen LogP contribution is -2.34. The molecule has 0 heterocycles. The van der Waals surface area contributed by atoms with Crippen LogP contribution in [0.5, 0.6) is 0 Å². The second-order valence-corrected chi connectivity index (χ2v) is 7.54. The van der Waals surface area contributed by atoms with Crippen LogP contribution in [0.3, 0.4) is 0 Å². The fourth-order valence-electron chi connectivity index (χ4n) is 2.22. The fraction of sp³-hybridized carbons (Fsp3) is 0.533. The van der Waals surface area contributed by atoms with E-state index in [2.05, 4.69) is 12.2 Å². The van der Waals surface area contributed by atoms with Gasteiger partial charge in [0.1, 0.15) is 0 Å². The molecule has 0 saturated heterocycles. The molecule has 1 aromatic carbocycles. The van der Waals surface area contributed by atoms with Gasteiger partial charge in [-0.05, 0) is 37.0 Å². The van der Waals surface area contributed by atoms with E-state index in [1.54, 1.807) is 6.07 Å². The molecule has 21 heavy (non-hydrogen) atoms. The molecule has 0 aliphatic rings. The minimum Gasteiger partial charge on any atom is -0.349 e. The molecule has 0 aliphatic heterocycles. The van der Waals surface area contributed by atoms with Crippen LogP contribution in [0.25, 0.3) is 0 Å². The number of rotatable bonds is 7. The summed E-state index contributed by atoms with van der Waals surface area (Å²) in [6.07, 6.45) is 3.37. The zero-order valence-electron chi connectivity index (χ0n) is 12.6. The summed E-state index contributed by atoms with van der Waals surface area (Å²) in [6.45, 7) is 6.00. The van der Waals surface area contributed by atoms with Gasteiger partial charge < -0.3 is 5.32 Å². The second-order valence-electron chi connectivity index (χ2n) is 4.98. The van der Waals surface area contributed by atoms with Gasteiger partial charge in [0, 0.05) is 22.3 Å². The molecule has 0 spiro atoms. The van der Waals surface area contributed by atoms with Crippen molar-refractivity contribution in [2.24, 2.45) is 0 Å². The number of benzene rings is 1. The van der Waals surface area contributed by atoms with Gasteiger partial charge in [-0.1, -0.05) is 33.3 Å². The third-order valence-corrected chi connectivity index (χ3v) is 4.81. The highest BCUT2D eigenvalue weighted by molar-refractivity contribution is 8.13. The summed E-state index contributed by atoms with van der Waals surface area (Å²) < 4.78 is 22.8. The van der Waals surface area contributed by atoms with Crippen molar-refractivity contribution in [2.75, 3.05) is 0 Å². The highest BCUT2D eigenvalue weighted by atomic mass is 35.7. The second kappa shape index (κ2) is 7.80. The molecule has 0 aliphatic carbocycles. The summed E-state index contributed by atoms with van der Waals surface area (Å²) in [5.41, 5.74) is 1.19. The van der Waals surface area contributed by atoms with E-state index in [1.165, 1.54) is 12.1 Å². The Balaban J connectivity index is 3.11. The van der Waals surface area contributed by atoms with Crippen LogP contribution in [0.1, 0.15) is 56.0 Å². The number of carbonyl (C=O) groups excluding carboxylic acids is 1. The van der Waals surface area contributed by atoms with Gasteiger partial charge in [-0.15, -0.1) is 0 Å². The first-order valence-electron chi connectivity index (χ1n) is 7.21. The fourth-order valence-corrected chi connectivity index (χ4v) is 2.99. The number of nitrogens with one attached hydrogen (secondary N) is 1. The van der Waals surface area contributed by atoms with Crippen LogP contribution in [0.15, 0.2) is 23.1 Å². The molecule has 6 heteroatoms. The van der Waals surface area contributed by atoms with E-state index in [-0.39, 0.29) is 16.8 Å². The van der Waals surface area contributed by atoms with E-state index in [0.29, 0.717) is 12.0 Å². The van der Waals surface area contributed by atoms with Gasteiger partial charge in [0.2, 0.25) is 0 Å². The molecule has 0 radical (unpaired) electrons. The number of amides is 1. The third kappa shape index (κ3) is 5.00. The van der Waals surface area contributed by atoms with Gasteiger partial charge in [0.05, 0.1) is 4.90 Å². The molecule has 0 aromatic heterocycles. The predicted octanol–water partition coefficient (Wildman–Crippen LogP) is 3.49. The zero-order valence-corrected chi connectivity index (χ0v) is 14.2. The summed E-state index contributed by atoms with van der Waals surface area (Å²) in [6, 6.07) is 4.53. The van der Waals surface area contributed by atoms with Crippen molar-refractivity contribution in [3.63, 3.8) is 0 Å². The topological polar surface area (TPSA) is 63.2 Å². The van der Waals surface area contributed by atoms with Crippen LogP contribution >= 0.6 is 10.7 Å². The number of aryl methyl sites for hydroxylation is 1. The average Bonchev–Trinajstić information content (AvgIpc) is 2.44. The molecule has 0 fully saturated rings. The van der Waals surface area contributed by atoms with E-state index in [9.17, 15) is 13.2 Å². The first kappa shape index (κ1) is 18.0. The van der Waals surface area contributed by atoms with Gasteiger partial charge in [0.15, 0.2) is 0 Å². The highest BCUT2D eigenvalue weighted by Crippen LogP contribution is 2.20. The van der Waals surface area contributed by atoms with Crippen LogP contribution in [-0.2, 0) is 15.5 Å². The maximum absolute atomic E-state index is 12.4. The molecule has 1 atom stereocenters. The molecule has 1 rings (SSSR count). The molecule has 118 valence electrons. The molecule has 1 unspecified atom stereocenters. The van der Waals surface area contributed by atoms with Gasteiger partial charge in [-0.25, -0.2) is 8.42 Å². The third-order valence-electron chi connectivity index (χ3n) is 3.45. The first-order valence-corrected chi connectivity index (χ1v) is 9.52. The van der Waals surface area contributed by atoms with Crippen LogP contribution in [0.2, 0.25) is 0 Å². The van der Waals surface area contributed by atoms with Crippen molar-refractivity contribution in [3.05, 3.63) is 29.3 Å². The normalized spacial score (nSPS) is 13.0. The van der Waals surface area contributed by atoms with Crippen molar-refractivity contribution in [1.29, 1.82) is 0 Å². The Morgan fingerprint density at radius 3 is 2.43 bits per heavy atom. The number of hydrogen-bond acceptors (Lipinski definition) is 3. The standard InChI is InChI=1S/C15H22ClNO3S/c1-4-7-12(6-3)17-15(18)14-10-13(21(16,19)20)9-8-11(14)5-2/h8-10,12H,4-7H2,1-3H3,(H,17,18). The summed E-state index contributed by atoms with van der Waals surface area (Å²) in [4.78, 5) is 12.4. The summed E-state index contributed by atoms with van der Waals surface area (Å²) >= 11 is 0. The number of halogens is 1. The van der Waals surface area contributed by atoms with Crippen LogP contribution in [-0.4, -0.2) is 20.4 Å². The van der Waals surface area contributed by atoms with Crippen molar-refractivity contribution >= 4 is 25.6 Å². The van der Waals surface area contributed by atoms with E-state index in [0.717, 1.165) is 24.8 Å². The summed E-state index contributed by atoms with van der Waals surface area (Å²) in [5.74, 6) is -0.241. The lowest BCUT2D eigenvalue weighted by molar-refractivity contribution is 0.0932. The van der Waals surface area contributed by atoms with Crippen molar-refractivity contribution < 1.29 is 13.2 Å². The highest BCUT2D eigenvalue weighted by Gasteiger charge is 2.18. The maximum Gasteiger partial charge on any atom is 0.261 e. The Morgan fingerprint density at radius 1 is 1.29 bits per heavy atom. The maximum atomic E-state index is 12.4. The zero-order chi connectivity index (χ0) is 16.0. The van der Waals surface area contributed by atoms with Crippen molar-refractivity contribution in [2.45, 2.75) is 57.4 Å². The SMILES string of the molecule is CCCC(CC)NC(=O)c1cc(S(=O)(=O)Cl)ccc1CC. The number of carbonyl (C=O) groups is 1. The van der Waals surface area contributed by atoms with Crippen LogP contribution in [0, 0.1) is 0 Å². The van der Waals surface area contributed by atoms with Gasteiger partial charge in [-0.3, -0.25) is 4.79 Å². The van der Waals surface area contributed by atoms with E-state index < -0.39 is 9.05 Å². The molecular formula is C15H22ClNO3S. The van der Waals surface area contributed by atoms with Crippen molar-refractivity contribution in [3.8, 4) is 0 Å². The minimum absolute atomic E-state index is 0.0462. The Bertz CT molecular complexity index is 599. The molecule has 0 saturated carbocycles. The largest absolute Gasteiger partial charge is 0.349 e. The Morgan fingerprint density at radius 2 is 1.95 bits per heavy atom. The summed E-state index contributed by atoms with van der Waals surface area (Å²) in [5, 5.41) is 2.96. The first-order chi connectivity index (χ1) is 9.83. The van der Waals surface area contributed by atoms with Crippen LogP contribution in [0.4, 0.5) is 0 Å². The van der Waals surface area contributed by atoms with Crippen LogP contribution < -0.4 is 5.32 Å². The summed E-state index contributed by atoms with van der Waals surface area (Å²) in [7, 11) is 1.52. The molecule has 0 bridgehead atoms. The molecule has 1 aromatic rings. The number of hydrogen-bond donors (Lipinski definition) is 1. The Labute approximate surface area is 131 Å². The quantitative estimate of drug-likeness (QED) is 0.778. The average molecular weight is 332 g/mol. The Hall–Kier alpha value is -1.07. The van der Waals surface area contributed by atoms with E-state index in [4.69, 9.17) is 10.7 Å². The monoisotopic (exact) mass is 331 g/mol. The van der Waals surface area contributed by atoms with Gasteiger partial charge in [-0.2, -0.15) is 0 Å². The van der Waals surface area contributed by atoms with E-state index in [1.807, 2.05) is 13.8 Å². The molecule has 4 nitrogen and oxygen atoms in total. The van der Waals surface area contributed by atoms with Crippen molar-refractivity contribution in [1.82, 2.24) is 5.32 Å². The van der Waals surface area contributed by atoms with Gasteiger partial charge in [0.25, 0.3) is 15.0 Å². The van der Waals surface area contributed by atoms with Gasteiger partial charge >= 0.3 is 0 Å².